The number of benzene rings is 1. The van der Waals surface area contributed by atoms with Crippen molar-refractivity contribution in [3.8, 4) is 0 Å². The summed E-state index contributed by atoms with van der Waals surface area (Å²) in [6.45, 7) is 6.53. The van der Waals surface area contributed by atoms with Crippen LogP contribution in [0.1, 0.15) is 38.3 Å². The number of hydrogen-bond acceptors (Lipinski definition) is 5. The van der Waals surface area contributed by atoms with E-state index in [1.54, 1.807) is 17.0 Å². The zero-order valence-corrected chi connectivity index (χ0v) is 19.4. The number of alkyl halides is 3. The third-order valence-corrected chi connectivity index (χ3v) is 6.82. The Morgan fingerprint density at radius 3 is 2.27 bits per heavy atom. The second-order valence-corrected chi connectivity index (χ2v) is 10.8. The van der Waals surface area contributed by atoms with Crippen LogP contribution in [0, 0.1) is 0 Å². The number of anilines is 1. The first-order chi connectivity index (χ1) is 15.3. The first-order valence-electron chi connectivity index (χ1n) is 10.4. The van der Waals surface area contributed by atoms with E-state index in [1.807, 2.05) is 20.8 Å². The molecular weight excluding hydrogens is 457 g/mol. The van der Waals surface area contributed by atoms with Gasteiger partial charge in [-0.15, -0.1) is 0 Å². The number of sulfonamides is 1. The fourth-order valence-corrected chi connectivity index (χ4v) is 4.47. The quantitative estimate of drug-likeness (QED) is 0.658. The van der Waals surface area contributed by atoms with Crippen LogP contribution in [0.15, 0.2) is 47.5 Å². The van der Waals surface area contributed by atoms with E-state index in [1.165, 1.54) is 18.2 Å². The van der Waals surface area contributed by atoms with Crippen molar-refractivity contribution >= 4 is 21.7 Å². The van der Waals surface area contributed by atoms with Gasteiger partial charge in [-0.1, -0.05) is 32.9 Å². The van der Waals surface area contributed by atoms with Gasteiger partial charge >= 0.3 is 6.18 Å². The first-order valence-corrected chi connectivity index (χ1v) is 11.9. The molecule has 1 aromatic carbocycles. The average Bonchev–Trinajstić information content (AvgIpc) is 3.20. The summed E-state index contributed by atoms with van der Waals surface area (Å²) in [5.41, 5.74) is 0.0591. The van der Waals surface area contributed by atoms with E-state index in [-0.39, 0.29) is 16.4 Å². The standard InChI is InChI=1S/C22H27F3N4O3S/c1-21(2,3)15-4-7-18(8-5-15)33(31,32)27-13-20(30)28-17-10-11-29(14-17)19-9-6-16(12-26-19)22(23,24)25/h4-9,12,17,27H,10-11,13-14H2,1-3H3,(H,28,30). The summed E-state index contributed by atoms with van der Waals surface area (Å²) in [5.74, 6) is -0.101. The number of pyridine rings is 1. The number of nitrogens with zero attached hydrogens (tertiary/aromatic N) is 2. The van der Waals surface area contributed by atoms with Gasteiger partial charge in [0, 0.05) is 25.3 Å². The highest BCUT2D eigenvalue weighted by Crippen LogP contribution is 2.30. The van der Waals surface area contributed by atoms with Crippen molar-refractivity contribution in [1.29, 1.82) is 0 Å². The van der Waals surface area contributed by atoms with Gasteiger partial charge in [0.1, 0.15) is 5.82 Å². The predicted octanol–water partition coefficient (Wildman–Crippen LogP) is 3.07. The lowest BCUT2D eigenvalue weighted by molar-refractivity contribution is -0.137. The summed E-state index contributed by atoms with van der Waals surface area (Å²) in [6.07, 6.45) is -3.10. The van der Waals surface area contributed by atoms with Gasteiger partial charge in [0.2, 0.25) is 15.9 Å². The van der Waals surface area contributed by atoms with E-state index in [9.17, 15) is 26.4 Å². The number of nitrogens with one attached hydrogen (secondary N) is 2. The van der Waals surface area contributed by atoms with Crippen LogP contribution in [0.4, 0.5) is 19.0 Å². The largest absolute Gasteiger partial charge is 0.417 e. The maximum absolute atomic E-state index is 12.7. The molecule has 0 aliphatic carbocycles. The maximum Gasteiger partial charge on any atom is 0.417 e. The Morgan fingerprint density at radius 2 is 1.73 bits per heavy atom. The molecular formula is C22H27F3N4O3S. The molecule has 0 radical (unpaired) electrons. The zero-order valence-electron chi connectivity index (χ0n) is 18.6. The Hall–Kier alpha value is -2.66. The normalized spacial score (nSPS) is 17.3. The van der Waals surface area contributed by atoms with Gasteiger partial charge in [-0.2, -0.15) is 13.2 Å². The van der Waals surface area contributed by atoms with Gasteiger partial charge in [-0.05, 0) is 41.7 Å². The number of carbonyl (C=O) groups is 1. The molecule has 1 atom stereocenters. The molecule has 7 nitrogen and oxygen atoms in total. The molecule has 1 unspecified atom stereocenters. The van der Waals surface area contributed by atoms with Gasteiger partial charge < -0.3 is 10.2 Å². The topological polar surface area (TPSA) is 91.4 Å². The molecule has 2 aromatic rings. The molecule has 3 rings (SSSR count). The lowest BCUT2D eigenvalue weighted by atomic mass is 9.87. The van der Waals surface area contributed by atoms with Crippen molar-refractivity contribution in [1.82, 2.24) is 15.0 Å². The molecule has 1 fully saturated rings. The van der Waals surface area contributed by atoms with E-state index in [0.29, 0.717) is 25.3 Å². The van der Waals surface area contributed by atoms with Gasteiger partial charge in [-0.25, -0.2) is 18.1 Å². The van der Waals surface area contributed by atoms with Crippen LogP contribution in [0.5, 0.6) is 0 Å². The molecule has 33 heavy (non-hydrogen) atoms. The van der Waals surface area contributed by atoms with Crippen LogP contribution in [0.2, 0.25) is 0 Å². The second-order valence-electron chi connectivity index (χ2n) is 9.00. The van der Waals surface area contributed by atoms with Crippen LogP contribution in [0.3, 0.4) is 0 Å². The molecule has 11 heteroatoms. The van der Waals surface area contributed by atoms with Crippen molar-refractivity contribution in [2.75, 3.05) is 24.5 Å². The van der Waals surface area contributed by atoms with Gasteiger partial charge in [-0.3, -0.25) is 4.79 Å². The van der Waals surface area contributed by atoms with Gasteiger partial charge in [0.25, 0.3) is 0 Å². The van der Waals surface area contributed by atoms with Crippen molar-refractivity contribution in [2.24, 2.45) is 0 Å². The Bertz CT molecular complexity index is 1080. The van der Waals surface area contributed by atoms with Crippen LogP contribution < -0.4 is 14.9 Å². The first kappa shape index (κ1) is 25.0. The number of hydrogen-bond donors (Lipinski definition) is 2. The van der Waals surface area contributed by atoms with Crippen molar-refractivity contribution in [3.63, 3.8) is 0 Å². The lowest BCUT2D eigenvalue weighted by Gasteiger charge is -2.19. The molecule has 2 heterocycles. The SMILES string of the molecule is CC(C)(C)c1ccc(S(=O)(=O)NCC(=O)NC2CCN(c3ccc(C(F)(F)F)cn3)C2)cc1. The van der Waals surface area contributed by atoms with Crippen molar-refractivity contribution in [3.05, 3.63) is 53.7 Å². The molecule has 1 aromatic heterocycles. The monoisotopic (exact) mass is 484 g/mol. The highest BCUT2D eigenvalue weighted by molar-refractivity contribution is 7.89. The summed E-state index contributed by atoms with van der Waals surface area (Å²) in [5, 5.41) is 2.75. The van der Waals surface area contributed by atoms with Crippen LogP contribution in [-0.4, -0.2) is 45.0 Å². The third kappa shape index (κ3) is 6.44. The second kappa shape index (κ2) is 9.30. The maximum atomic E-state index is 12.7. The van der Waals surface area contributed by atoms with Gasteiger partial charge in [0.05, 0.1) is 17.0 Å². The Kier molecular flexibility index (Phi) is 7.04. The number of halogens is 3. The number of rotatable bonds is 6. The van der Waals surface area contributed by atoms with E-state index >= 15 is 0 Å². The molecule has 0 bridgehead atoms. The van der Waals surface area contributed by atoms with E-state index in [2.05, 4.69) is 15.0 Å². The Morgan fingerprint density at radius 1 is 1.09 bits per heavy atom. The predicted molar refractivity (Wildman–Crippen MR) is 118 cm³/mol. The minimum atomic E-state index is -4.45. The summed E-state index contributed by atoms with van der Waals surface area (Å²) in [4.78, 5) is 18.0. The molecule has 0 saturated carbocycles. The smallest absolute Gasteiger partial charge is 0.354 e. The third-order valence-electron chi connectivity index (χ3n) is 5.41. The van der Waals surface area contributed by atoms with E-state index in [4.69, 9.17) is 0 Å². The lowest BCUT2D eigenvalue weighted by Crippen LogP contribution is -2.43. The van der Waals surface area contributed by atoms with Crippen LogP contribution >= 0.6 is 0 Å². The summed E-state index contributed by atoms with van der Waals surface area (Å²) < 4.78 is 65.3. The fraction of sp³-hybridized carbons (Fsp3) is 0.455. The Balaban J connectivity index is 1.51. The minimum Gasteiger partial charge on any atom is -0.354 e. The molecule has 0 spiro atoms. The molecule has 1 aliphatic heterocycles. The Labute approximate surface area is 191 Å². The molecule has 1 saturated heterocycles. The highest BCUT2D eigenvalue weighted by atomic mass is 32.2. The van der Waals surface area contributed by atoms with Crippen LogP contribution in [-0.2, 0) is 26.4 Å². The van der Waals surface area contributed by atoms with Crippen molar-refractivity contribution in [2.45, 2.75) is 49.7 Å². The molecule has 1 aliphatic rings. The van der Waals surface area contributed by atoms with E-state index < -0.39 is 34.2 Å². The number of carbonyl (C=O) groups excluding carboxylic acids is 1. The molecule has 1 amide bonds. The molecule has 2 N–H and O–H groups in total. The van der Waals surface area contributed by atoms with Gasteiger partial charge in [0.15, 0.2) is 0 Å². The van der Waals surface area contributed by atoms with Crippen molar-refractivity contribution < 1.29 is 26.4 Å². The average molecular weight is 485 g/mol. The summed E-state index contributed by atoms with van der Waals surface area (Å²) in [6, 6.07) is 8.51. The van der Waals surface area contributed by atoms with Crippen LogP contribution in [0.25, 0.3) is 0 Å². The minimum absolute atomic E-state index is 0.0729. The number of aromatic nitrogens is 1. The molecule has 180 valence electrons. The zero-order chi connectivity index (χ0) is 24.4. The summed E-state index contributed by atoms with van der Waals surface area (Å²) >= 11 is 0. The summed E-state index contributed by atoms with van der Waals surface area (Å²) in [7, 11) is -3.84. The number of amides is 1. The van der Waals surface area contributed by atoms with E-state index in [0.717, 1.165) is 17.8 Å². The highest BCUT2D eigenvalue weighted by Gasteiger charge is 2.31. The fourth-order valence-electron chi connectivity index (χ4n) is 3.48.